The third-order valence-corrected chi connectivity index (χ3v) is 3.98. The third-order valence-electron chi connectivity index (χ3n) is 2.46. The van der Waals surface area contributed by atoms with E-state index in [2.05, 4.69) is 10.0 Å². The monoisotopic (exact) mass is 286 g/mol. The van der Waals surface area contributed by atoms with Gasteiger partial charge in [0.05, 0.1) is 5.69 Å². The fraction of sp³-hybridized carbons (Fsp3) is 0.417. The average molecular weight is 286 g/mol. The quantitative estimate of drug-likeness (QED) is 0.701. The molecular weight excluding hydrogens is 268 g/mol. The van der Waals surface area contributed by atoms with Crippen LogP contribution in [0, 0.1) is 0 Å². The highest BCUT2D eigenvalue weighted by Gasteiger charge is 2.20. The molecule has 0 heterocycles. The van der Waals surface area contributed by atoms with Crippen LogP contribution in [0.3, 0.4) is 0 Å². The molecule has 19 heavy (non-hydrogen) atoms. The number of sulfonamides is 1. The summed E-state index contributed by atoms with van der Waals surface area (Å²) in [5, 5.41) is 11.5. The molecule has 0 fully saturated rings. The van der Waals surface area contributed by atoms with E-state index in [1.807, 2.05) is 6.92 Å². The molecule has 106 valence electrons. The maximum absolute atomic E-state index is 12.1. The lowest BCUT2D eigenvalue weighted by molar-refractivity contribution is -0.137. The second-order valence-electron chi connectivity index (χ2n) is 4.10. The summed E-state index contributed by atoms with van der Waals surface area (Å²) in [4.78, 5) is 10.9. The highest BCUT2D eigenvalue weighted by molar-refractivity contribution is 7.89. The van der Waals surface area contributed by atoms with Gasteiger partial charge in [-0.3, -0.25) is 4.79 Å². The number of nitrogens with one attached hydrogen (secondary N) is 2. The van der Waals surface area contributed by atoms with E-state index in [-0.39, 0.29) is 10.6 Å². The predicted molar refractivity (Wildman–Crippen MR) is 72.6 cm³/mol. The molecule has 0 bridgehead atoms. The number of carboxylic acid groups (broad SMARTS) is 1. The van der Waals surface area contributed by atoms with E-state index >= 15 is 0 Å². The predicted octanol–water partition coefficient (Wildman–Crippen LogP) is 1.26. The lowest BCUT2D eigenvalue weighted by Crippen LogP contribution is -2.29. The molecule has 1 unspecified atom stereocenters. The number of hydrogen-bond donors (Lipinski definition) is 3. The van der Waals surface area contributed by atoms with Gasteiger partial charge in [-0.05, 0) is 25.5 Å². The summed E-state index contributed by atoms with van der Waals surface area (Å²) in [6.07, 6.45) is 0.681. The Hall–Kier alpha value is -1.60. The Bertz CT molecular complexity index is 542. The first-order chi connectivity index (χ1) is 8.88. The van der Waals surface area contributed by atoms with Crippen molar-refractivity contribution in [1.82, 2.24) is 4.72 Å². The number of rotatable bonds is 7. The summed E-state index contributed by atoms with van der Waals surface area (Å²) in [6, 6.07) is 5.35. The number of carboxylic acids is 1. The van der Waals surface area contributed by atoms with E-state index in [9.17, 15) is 13.2 Å². The van der Waals surface area contributed by atoms with Crippen LogP contribution in [0.25, 0.3) is 0 Å². The van der Waals surface area contributed by atoms with Crippen LogP contribution in [0.2, 0.25) is 0 Å². The van der Waals surface area contributed by atoms with Crippen LogP contribution in [0.15, 0.2) is 29.2 Å². The van der Waals surface area contributed by atoms with Crippen molar-refractivity contribution in [3.05, 3.63) is 24.3 Å². The highest BCUT2D eigenvalue weighted by atomic mass is 32.2. The van der Waals surface area contributed by atoms with Crippen LogP contribution < -0.4 is 10.0 Å². The minimum Gasteiger partial charge on any atom is -0.480 e. The number of hydrogen-bond acceptors (Lipinski definition) is 4. The van der Waals surface area contributed by atoms with Gasteiger partial charge in [0, 0.05) is 6.54 Å². The molecule has 0 aliphatic carbocycles. The maximum Gasteiger partial charge on any atom is 0.325 e. The molecule has 0 aliphatic heterocycles. The highest BCUT2D eigenvalue weighted by Crippen LogP contribution is 2.21. The fourth-order valence-electron chi connectivity index (χ4n) is 1.43. The molecule has 1 rings (SSSR count). The number of carbonyl (C=O) groups is 1. The Morgan fingerprint density at radius 3 is 2.58 bits per heavy atom. The zero-order valence-electron chi connectivity index (χ0n) is 10.9. The molecule has 0 saturated heterocycles. The maximum atomic E-state index is 12.1. The minimum absolute atomic E-state index is 0.0524. The zero-order chi connectivity index (χ0) is 14.5. The SMILES string of the molecule is CCCNS(=O)(=O)c1ccccc1NC(C)C(=O)O. The first-order valence-electron chi connectivity index (χ1n) is 5.96. The summed E-state index contributed by atoms with van der Waals surface area (Å²) < 4.78 is 26.6. The van der Waals surface area contributed by atoms with Crippen molar-refractivity contribution < 1.29 is 18.3 Å². The van der Waals surface area contributed by atoms with Crippen molar-refractivity contribution in [2.24, 2.45) is 0 Å². The van der Waals surface area contributed by atoms with Crippen LogP contribution in [-0.2, 0) is 14.8 Å². The molecule has 6 nitrogen and oxygen atoms in total. The first-order valence-corrected chi connectivity index (χ1v) is 7.45. The lowest BCUT2D eigenvalue weighted by atomic mass is 10.2. The van der Waals surface area contributed by atoms with Gasteiger partial charge in [0.2, 0.25) is 10.0 Å². The first kappa shape index (κ1) is 15.5. The van der Waals surface area contributed by atoms with Gasteiger partial charge in [0.25, 0.3) is 0 Å². The molecule has 1 atom stereocenters. The van der Waals surface area contributed by atoms with Gasteiger partial charge in [-0.1, -0.05) is 19.1 Å². The van der Waals surface area contributed by atoms with Crippen molar-refractivity contribution >= 4 is 21.7 Å². The molecule has 0 aliphatic rings. The molecule has 0 radical (unpaired) electrons. The summed E-state index contributed by atoms with van der Waals surface area (Å²) in [5.41, 5.74) is 0.279. The summed E-state index contributed by atoms with van der Waals surface area (Å²) in [7, 11) is -3.63. The second kappa shape index (κ2) is 6.53. The van der Waals surface area contributed by atoms with E-state index in [1.165, 1.54) is 13.0 Å². The van der Waals surface area contributed by atoms with Crippen LogP contribution in [0.5, 0.6) is 0 Å². The Morgan fingerprint density at radius 1 is 1.37 bits per heavy atom. The molecule has 0 amide bonds. The van der Waals surface area contributed by atoms with Gasteiger partial charge in [-0.25, -0.2) is 13.1 Å². The number of benzene rings is 1. The summed E-state index contributed by atoms with van der Waals surface area (Å²) >= 11 is 0. The van der Waals surface area contributed by atoms with Gasteiger partial charge in [-0.2, -0.15) is 0 Å². The number of para-hydroxylation sites is 1. The van der Waals surface area contributed by atoms with E-state index in [0.29, 0.717) is 13.0 Å². The fourth-order valence-corrected chi connectivity index (χ4v) is 2.73. The van der Waals surface area contributed by atoms with Gasteiger partial charge >= 0.3 is 5.97 Å². The van der Waals surface area contributed by atoms with Crippen LogP contribution in [0.4, 0.5) is 5.69 Å². The summed E-state index contributed by atoms with van der Waals surface area (Å²) in [6.45, 7) is 3.65. The average Bonchev–Trinajstić information content (AvgIpc) is 2.36. The second-order valence-corrected chi connectivity index (χ2v) is 5.83. The van der Waals surface area contributed by atoms with Crippen LogP contribution in [-0.4, -0.2) is 32.1 Å². The molecule has 0 aromatic heterocycles. The van der Waals surface area contributed by atoms with Gasteiger partial charge in [0.1, 0.15) is 10.9 Å². The van der Waals surface area contributed by atoms with Crippen LogP contribution >= 0.6 is 0 Å². The molecule has 0 spiro atoms. The van der Waals surface area contributed by atoms with E-state index in [4.69, 9.17) is 5.11 Å². The van der Waals surface area contributed by atoms with Crippen molar-refractivity contribution in [2.75, 3.05) is 11.9 Å². The Morgan fingerprint density at radius 2 is 2.00 bits per heavy atom. The molecule has 1 aromatic rings. The largest absolute Gasteiger partial charge is 0.480 e. The minimum atomic E-state index is -3.63. The standard InChI is InChI=1S/C12H18N2O4S/c1-3-8-13-19(17,18)11-7-5-4-6-10(11)14-9(2)12(15)16/h4-7,9,13-14H,3,8H2,1-2H3,(H,15,16). The van der Waals surface area contributed by atoms with Crippen molar-refractivity contribution in [1.29, 1.82) is 0 Å². The molecule has 7 heteroatoms. The Balaban J connectivity index is 3.05. The smallest absolute Gasteiger partial charge is 0.325 e. The lowest BCUT2D eigenvalue weighted by Gasteiger charge is -2.15. The normalized spacial score (nSPS) is 12.9. The van der Waals surface area contributed by atoms with E-state index < -0.39 is 22.0 Å². The molecule has 0 saturated carbocycles. The number of anilines is 1. The zero-order valence-corrected chi connectivity index (χ0v) is 11.7. The van der Waals surface area contributed by atoms with Crippen molar-refractivity contribution in [3.8, 4) is 0 Å². The Labute approximate surface area is 112 Å². The van der Waals surface area contributed by atoms with Gasteiger partial charge in [-0.15, -0.1) is 0 Å². The topological polar surface area (TPSA) is 95.5 Å². The Kier molecular flexibility index (Phi) is 5.31. The van der Waals surface area contributed by atoms with E-state index in [0.717, 1.165) is 0 Å². The van der Waals surface area contributed by atoms with Gasteiger partial charge in [0.15, 0.2) is 0 Å². The van der Waals surface area contributed by atoms with Gasteiger partial charge < -0.3 is 10.4 Å². The van der Waals surface area contributed by atoms with Crippen molar-refractivity contribution in [2.45, 2.75) is 31.2 Å². The molecular formula is C12H18N2O4S. The molecule has 1 aromatic carbocycles. The summed E-state index contributed by atoms with van der Waals surface area (Å²) in [5.74, 6) is -1.05. The number of aliphatic carboxylic acids is 1. The third kappa shape index (κ3) is 4.22. The van der Waals surface area contributed by atoms with E-state index in [1.54, 1.807) is 18.2 Å². The van der Waals surface area contributed by atoms with Crippen molar-refractivity contribution in [3.63, 3.8) is 0 Å². The molecule has 3 N–H and O–H groups in total. The van der Waals surface area contributed by atoms with Crippen LogP contribution in [0.1, 0.15) is 20.3 Å².